The highest BCUT2D eigenvalue weighted by Gasteiger charge is 2.12. The van der Waals surface area contributed by atoms with E-state index in [1.54, 1.807) is 0 Å². The van der Waals surface area contributed by atoms with Crippen LogP contribution in [0.1, 0.15) is 24.0 Å². The van der Waals surface area contributed by atoms with E-state index in [-0.39, 0.29) is 0 Å². The van der Waals surface area contributed by atoms with Crippen molar-refractivity contribution in [2.24, 2.45) is 5.73 Å². The molecule has 1 heterocycles. The fourth-order valence-electron chi connectivity index (χ4n) is 1.64. The standard InChI is InChI=1S/C12H22N2OS/c1-9-5-11(15-12(9)6-13)7-14(3)10(2)8-16-4/h5,10H,6-8,13H2,1-4H3. The predicted molar refractivity (Wildman–Crippen MR) is 70.6 cm³/mol. The van der Waals surface area contributed by atoms with Crippen molar-refractivity contribution in [2.75, 3.05) is 19.1 Å². The number of hydrogen-bond acceptors (Lipinski definition) is 4. The molecule has 0 aliphatic rings. The fourth-order valence-corrected chi connectivity index (χ4v) is 2.38. The number of thioether (sulfide) groups is 1. The van der Waals surface area contributed by atoms with E-state index < -0.39 is 0 Å². The van der Waals surface area contributed by atoms with E-state index in [0.717, 1.165) is 29.4 Å². The molecule has 0 aliphatic carbocycles. The zero-order valence-corrected chi connectivity index (χ0v) is 11.4. The predicted octanol–water partition coefficient (Wildman–Crippen LogP) is 2.23. The zero-order chi connectivity index (χ0) is 12.1. The van der Waals surface area contributed by atoms with Gasteiger partial charge in [-0.1, -0.05) is 0 Å². The second kappa shape index (κ2) is 6.33. The van der Waals surface area contributed by atoms with Crippen LogP contribution < -0.4 is 5.73 Å². The molecular formula is C12H22N2OS. The molecule has 0 radical (unpaired) electrons. The largest absolute Gasteiger partial charge is 0.463 e. The summed E-state index contributed by atoms with van der Waals surface area (Å²) in [5.74, 6) is 3.05. The van der Waals surface area contributed by atoms with Crippen LogP contribution in [0.3, 0.4) is 0 Å². The van der Waals surface area contributed by atoms with Crippen molar-refractivity contribution in [3.05, 3.63) is 23.2 Å². The smallest absolute Gasteiger partial charge is 0.120 e. The molecule has 0 aromatic carbocycles. The van der Waals surface area contributed by atoms with Crippen LogP contribution in [0.25, 0.3) is 0 Å². The molecule has 1 atom stereocenters. The molecule has 1 aromatic rings. The minimum Gasteiger partial charge on any atom is -0.463 e. The normalized spacial score (nSPS) is 13.4. The Morgan fingerprint density at radius 2 is 2.25 bits per heavy atom. The first-order valence-corrected chi connectivity index (χ1v) is 6.95. The summed E-state index contributed by atoms with van der Waals surface area (Å²) in [6.07, 6.45) is 2.13. The van der Waals surface area contributed by atoms with E-state index in [1.807, 2.05) is 18.7 Å². The molecule has 4 heteroatoms. The summed E-state index contributed by atoms with van der Waals surface area (Å²) in [4.78, 5) is 2.30. The maximum atomic E-state index is 5.69. The van der Waals surface area contributed by atoms with Crippen LogP contribution in [0.4, 0.5) is 0 Å². The van der Waals surface area contributed by atoms with Crippen LogP contribution in [0.5, 0.6) is 0 Å². The second-order valence-corrected chi connectivity index (χ2v) is 5.15. The summed E-state index contributed by atoms with van der Waals surface area (Å²) in [6, 6.07) is 2.64. The van der Waals surface area contributed by atoms with E-state index in [9.17, 15) is 0 Å². The van der Waals surface area contributed by atoms with Crippen LogP contribution in [0, 0.1) is 6.92 Å². The molecule has 0 spiro atoms. The van der Waals surface area contributed by atoms with Crippen molar-refractivity contribution in [1.82, 2.24) is 4.90 Å². The lowest BCUT2D eigenvalue weighted by molar-refractivity contribution is 0.244. The van der Waals surface area contributed by atoms with E-state index in [2.05, 4.69) is 31.2 Å². The highest BCUT2D eigenvalue weighted by Crippen LogP contribution is 2.16. The SMILES string of the molecule is CSCC(C)N(C)Cc1cc(C)c(CN)o1. The van der Waals surface area contributed by atoms with Gasteiger partial charge in [0, 0.05) is 11.8 Å². The van der Waals surface area contributed by atoms with E-state index >= 15 is 0 Å². The summed E-state index contributed by atoms with van der Waals surface area (Å²) in [5.41, 5.74) is 6.75. The maximum Gasteiger partial charge on any atom is 0.120 e. The third-order valence-electron chi connectivity index (χ3n) is 2.82. The molecule has 3 nitrogen and oxygen atoms in total. The van der Waals surface area contributed by atoms with Gasteiger partial charge in [0.2, 0.25) is 0 Å². The number of rotatable bonds is 6. The maximum absolute atomic E-state index is 5.69. The van der Waals surface area contributed by atoms with E-state index in [4.69, 9.17) is 10.2 Å². The van der Waals surface area contributed by atoms with Crippen LogP contribution in [-0.4, -0.2) is 30.0 Å². The Morgan fingerprint density at radius 1 is 1.56 bits per heavy atom. The summed E-state index contributed by atoms with van der Waals surface area (Å²) >= 11 is 1.87. The van der Waals surface area contributed by atoms with Gasteiger partial charge in [0.1, 0.15) is 11.5 Å². The molecule has 0 amide bonds. The van der Waals surface area contributed by atoms with Gasteiger partial charge in [0.05, 0.1) is 13.1 Å². The van der Waals surface area contributed by atoms with Crippen molar-refractivity contribution in [1.29, 1.82) is 0 Å². The van der Waals surface area contributed by atoms with E-state index in [1.165, 1.54) is 0 Å². The average molecular weight is 242 g/mol. The Labute approximate surface area is 102 Å². The molecule has 2 N–H and O–H groups in total. The van der Waals surface area contributed by atoms with E-state index in [0.29, 0.717) is 12.6 Å². The summed E-state index contributed by atoms with van der Waals surface area (Å²) < 4.78 is 5.69. The first-order chi connectivity index (χ1) is 7.58. The molecule has 1 aromatic heterocycles. The van der Waals surface area contributed by atoms with Crippen molar-refractivity contribution in [2.45, 2.75) is 33.0 Å². The second-order valence-electron chi connectivity index (χ2n) is 4.24. The lowest BCUT2D eigenvalue weighted by Gasteiger charge is -2.22. The average Bonchev–Trinajstić information content (AvgIpc) is 2.59. The van der Waals surface area contributed by atoms with Crippen LogP contribution in [-0.2, 0) is 13.1 Å². The van der Waals surface area contributed by atoms with Gasteiger partial charge in [-0.3, -0.25) is 4.90 Å². The minimum absolute atomic E-state index is 0.482. The van der Waals surface area contributed by atoms with Crippen molar-refractivity contribution >= 4 is 11.8 Å². The number of hydrogen-bond donors (Lipinski definition) is 1. The number of aryl methyl sites for hydroxylation is 1. The quantitative estimate of drug-likeness (QED) is 0.830. The number of nitrogens with zero attached hydrogens (tertiary/aromatic N) is 1. The van der Waals surface area contributed by atoms with Gasteiger partial charge < -0.3 is 10.2 Å². The zero-order valence-electron chi connectivity index (χ0n) is 10.6. The van der Waals surface area contributed by atoms with Crippen molar-refractivity contribution in [3.8, 4) is 0 Å². The minimum atomic E-state index is 0.482. The number of nitrogens with two attached hydrogens (primary N) is 1. The van der Waals surface area contributed by atoms with Crippen LogP contribution in [0.15, 0.2) is 10.5 Å². The highest BCUT2D eigenvalue weighted by atomic mass is 32.2. The molecule has 0 saturated carbocycles. The van der Waals surface area contributed by atoms with Gasteiger partial charge in [0.15, 0.2) is 0 Å². The lowest BCUT2D eigenvalue weighted by Crippen LogP contribution is -2.30. The third-order valence-corrected chi connectivity index (χ3v) is 3.64. The van der Waals surface area contributed by atoms with Gasteiger partial charge in [-0.15, -0.1) is 0 Å². The van der Waals surface area contributed by atoms with Crippen molar-refractivity contribution in [3.63, 3.8) is 0 Å². The monoisotopic (exact) mass is 242 g/mol. The summed E-state index contributed by atoms with van der Waals surface area (Å²) in [6.45, 7) is 5.61. The van der Waals surface area contributed by atoms with Gasteiger partial charge in [-0.05, 0) is 38.8 Å². The molecule has 92 valence electrons. The van der Waals surface area contributed by atoms with Gasteiger partial charge in [-0.2, -0.15) is 11.8 Å². The van der Waals surface area contributed by atoms with Gasteiger partial charge in [0.25, 0.3) is 0 Å². The Morgan fingerprint density at radius 3 is 2.75 bits per heavy atom. The van der Waals surface area contributed by atoms with Crippen LogP contribution in [0.2, 0.25) is 0 Å². The number of furan rings is 1. The third kappa shape index (κ3) is 3.54. The molecular weight excluding hydrogens is 220 g/mol. The first kappa shape index (κ1) is 13.6. The molecule has 16 heavy (non-hydrogen) atoms. The Bertz CT molecular complexity index is 325. The molecule has 0 saturated heterocycles. The molecule has 1 unspecified atom stereocenters. The lowest BCUT2D eigenvalue weighted by atomic mass is 10.2. The van der Waals surface area contributed by atoms with Crippen LogP contribution >= 0.6 is 11.8 Å². The summed E-state index contributed by atoms with van der Waals surface area (Å²) in [5, 5.41) is 0. The molecule has 0 bridgehead atoms. The summed E-state index contributed by atoms with van der Waals surface area (Å²) in [7, 11) is 2.13. The Hall–Kier alpha value is -0.450. The van der Waals surface area contributed by atoms with Gasteiger partial charge >= 0.3 is 0 Å². The topological polar surface area (TPSA) is 42.4 Å². The Balaban J connectivity index is 2.58. The fraction of sp³-hybridized carbons (Fsp3) is 0.667. The van der Waals surface area contributed by atoms with Crippen molar-refractivity contribution < 1.29 is 4.42 Å². The molecule has 0 aliphatic heterocycles. The van der Waals surface area contributed by atoms with Gasteiger partial charge in [-0.25, -0.2) is 0 Å². The molecule has 0 fully saturated rings. The Kier molecular flexibility index (Phi) is 5.38. The molecule has 1 rings (SSSR count). The highest BCUT2D eigenvalue weighted by molar-refractivity contribution is 7.98. The first-order valence-electron chi connectivity index (χ1n) is 5.56.